The second-order valence-electron chi connectivity index (χ2n) is 5.88. The van der Waals surface area contributed by atoms with Crippen LogP contribution in [0.1, 0.15) is 28.8 Å². The Morgan fingerprint density at radius 2 is 2.15 bits per heavy atom. The van der Waals surface area contributed by atoms with Crippen molar-refractivity contribution in [1.29, 1.82) is 0 Å². The molecule has 1 aromatic carbocycles. The minimum Gasteiger partial charge on any atom is -0.387 e. The molecule has 4 nitrogen and oxygen atoms in total. The van der Waals surface area contributed by atoms with Crippen molar-refractivity contribution in [2.75, 3.05) is 38.5 Å². The molecule has 1 atom stereocenters. The molecule has 0 aliphatic carbocycles. The summed E-state index contributed by atoms with van der Waals surface area (Å²) in [6.07, 6.45) is 2.51. The summed E-state index contributed by atoms with van der Waals surface area (Å²) < 4.78 is 0. The normalized spacial score (nSPS) is 22.7. The molecule has 2 aliphatic heterocycles. The van der Waals surface area contributed by atoms with E-state index < -0.39 is 0 Å². The number of benzene rings is 1. The van der Waals surface area contributed by atoms with Crippen LogP contribution in [0.2, 0.25) is 0 Å². The van der Waals surface area contributed by atoms with Crippen LogP contribution in [0.5, 0.6) is 0 Å². The van der Waals surface area contributed by atoms with Gasteiger partial charge in [-0.05, 0) is 44.0 Å². The van der Waals surface area contributed by atoms with E-state index in [2.05, 4.69) is 10.2 Å². The van der Waals surface area contributed by atoms with E-state index in [9.17, 15) is 4.79 Å². The molecule has 3 rings (SSSR count). The zero-order valence-electron chi connectivity index (χ0n) is 12.4. The molecule has 20 heavy (non-hydrogen) atoms. The number of carbonyl (C=O) groups is 1. The van der Waals surface area contributed by atoms with Crippen molar-refractivity contribution < 1.29 is 4.79 Å². The van der Waals surface area contributed by atoms with Crippen LogP contribution in [-0.4, -0.2) is 55.0 Å². The monoisotopic (exact) mass is 273 g/mol. The quantitative estimate of drug-likeness (QED) is 0.894. The SMILES string of the molecule is CNc1cc(C)ccc1C(=O)N1CCN2CCCC2C1. The number of fused-ring (bicyclic) bond motifs is 1. The van der Waals surface area contributed by atoms with Gasteiger partial charge >= 0.3 is 0 Å². The highest BCUT2D eigenvalue weighted by atomic mass is 16.2. The number of piperazine rings is 1. The van der Waals surface area contributed by atoms with Crippen LogP contribution in [0.15, 0.2) is 18.2 Å². The van der Waals surface area contributed by atoms with Crippen molar-refractivity contribution in [3.63, 3.8) is 0 Å². The fourth-order valence-electron chi connectivity index (χ4n) is 3.40. The topological polar surface area (TPSA) is 35.6 Å². The molecule has 1 amide bonds. The Hall–Kier alpha value is -1.55. The van der Waals surface area contributed by atoms with Crippen molar-refractivity contribution in [2.24, 2.45) is 0 Å². The van der Waals surface area contributed by atoms with Gasteiger partial charge in [-0.15, -0.1) is 0 Å². The van der Waals surface area contributed by atoms with Gasteiger partial charge in [-0.2, -0.15) is 0 Å². The molecule has 0 saturated carbocycles. The first kappa shape index (κ1) is 13.4. The number of hydrogen-bond acceptors (Lipinski definition) is 3. The number of anilines is 1. The fourth-order valence-corrected chi connectivity index (χ4v) is 3.40. The first-order chi connectivity index (χ1) is 9.69. The van der Waals surface area contributed by atoms with E-state index in [0.29, 0.717) is 6.04 Å². The number of nitrogens with one attached hydrogen (secondary N) is 1. The molecule has 0 aromatic heterocycles. The molecular weight excluding hydrogens is 250 g/mol. The third-order valence-electron chi connectivity index (χ3n) is 4.55. The van der Waals surface area contributed by atoms with E-state index in [4.69, 9.17) is 0 Å². The molecule has 4 heteroatoms. The molecule has 0 spiro atoms. The maximum absolute atomic E-state index is 12.7. The van der Waals surface area contributed by atoms with Gasteiger partial charge in [0.25, 0.3) is 5.91 Å². The van der Waals surface area contributed by atoms with E-state index in [1.807, 2.05) is 37.1 Å². The highest BCUT2D eigenvalue weighted by Crippen LogP contribution is 2.24. The van der Waals surface area contributed by atoms with Gasteiger partial charge in [-0.25, -0.2) is 0 Å². The molecule has 2 heterocycles. The van der Waals surface area contributed by atoms with Crippen molar-refractivity contribution >= 4 is 11.6 Å². The van der Waals surface area contributed by atoms with Crippen LogP contribution < -0.4 is 5.32 Å². The Morgan fingerprint density at radius 3 is 2.95 bits per heavy atom. The number of carbonyl (C=O) groups excluding carboxylic acids is 1. The fraction of sp³-hybridized carbons (Fsp3) is 0.562. The lowest BCUT2D eigenvalue weighted by Gasteiger charge is -2.37. The largest absolute Gasteiger partial charge is 0.387 e. The molecule has 1 unspecified atom stereocenters. The molecule has 0 bridgehead atoms. The van der Waals surface area contributed by atoms with E-state index in [1.165, 1.54) is 24.9 Å². The van der Waals surface area contributed by atoms with Gasteiger partial charge in [-0.1, -0.05) is 6.07 Å². The van der Waals surface area contributed by atoms with Crippen molar-refractivity contribution in [3.8, 4) is 0 Å². The Balaban J connectivity index is 1.79. The highest BCUT2D eigenvalue weighted by molar-refractivity contribution is 5.99. The lowest BCUT2D eigenvalue weighted by Crippen LogP contribution is -2.52. The molecule has 2 aliphatic rings. The smallest absolute Gasteiger partial charge is 0.256 e. The average Bonchev–Trinajstić information content (AvgIpc) is 2.93. The Morgan fingerprint density at radius 1 is 1.30 bits per heavy atom. The van der Waals surface area contributed by atoms with Crippen LogP contribution in [0.3, 0.4) is 0 Å². The molecule has 1 aromatic rings. The van der Waals surface area contributed by atoms with Gasteiger partial charge in [0.1, 0.15) is 0 Å². The van der Waals surface area contributed by atoms with E-state index in [0.717, 1.165) is 30.9 Å². The summed E-state index contributed by atoms with van der Waals surface area (Å²) in [4.78, 5) is 17.3. The maximum atomic E-state index is 12.7. The summed E-state index contributed by atoms with van der Waals surface area (Å²) in [7, 11) is 1.88. The predicted octanol–water partition coefficient (Wildman–Crippen LogP) is 1.96. The number of rotatable bonds is 2. The predicted molar refractivity (Wildman–Crippen MR) is 81.2 cm³/mol. The second-order valence-corrected chi connectivity index (χ2v) is 5.88. The van der Waals surface area contributed by atoms with Crippen LogP contribution in [0.4, 0.5) is 5.69 Å². The summed E-state index contributed by atoms with van der Waals surface area (Å²) in [6.45, 7) is 6.02. The average molecular weight is 273 g/mol. The lowest BCUT2D eigenvalue weighted by atomic mass is 10.1. The van der Waals surface area contributed by atoms with Crippen LogP contribution in [0.25, 0.3) is 0 Å². The van der Waals surface area contributed by atoms with Gasteiger partial charge in [0, 0.05) is 38.4 Å². The highest BCUT2D eigenvalue weighted by Gasteiger charge is 2.33. The Bertz CT molecular complexity index is 514. The first-order valence-corrected chi connectivity index (χ1v) is 7.51. The standard InChI is InChI=1S/C16H23N3O/c1-12-5-6-14(15(10-12)17-2)16(20)19-9-8-18-7-3-4-13(18)11-19/h5-6,10,13,17H,3-4,7-9,11H2,1-2H3. The molecule has 1 N–H and O–H groups in total. The second kappa shape index (κ2) is 5.44. The molecule has 0 radical (unpaired) electrons. The van der Waals surface area contributed by atoms with Gasteiger partial charge in [-0.3, -0.25) is 9.69 Å². The minimum absolute atomic E-state index is 0.167. The van der Waals surface area contributed by atoms with Gasteiger partial charge in [0.2, 0.25) is 0 Å². The minimum atomic E-state index is 0.167. The summed E-state index contributed by atoms with van der Waals surface area (Å²) in [5.74, 6) is 0.167. The van der Waals surface area contributed by atoms with Gasteiger partial charge in [0.05, 0.1) is 5.56 Å². The molecule has 108 valence electrons. The van der Waals surface area contributed by atoms with E-state index >= 15 is 0 Å². The number of aryl methyl sites for hydroxylation is 1. The summed E-state index contributed by atoms with van der Waals surface area (Å²) >= 11 is 0. The summed E-state index contributed by atoms with van der Waals surface area (Å²) in [5, 5.41) is 3.14. The first-order valence-electron chi connectivity index (χ1n) is 7.51. The number of hydrogen-bond donors (Lipinski definition) is 1. The van der Waals surface area contributed by atoms with Crippen molar-refractivity contribution in [2.45, 2.75) is 25.8 Å². The van der Waals surface area contributed by atoms with Crippen LogP contribution in [0, 0.1) is 6.92 Å². The molecule has 2 fully saturated rings. The summed E-state index contributed by atoms with van der Waals surface area (Å²) in [5.41, 5.74) is 2.90. The van der Waals surface area contributed by atoms with Crippen molar-refractivity contribution in [1.82, 2.24) is 9.80 Å². The third-order valence-corrected chi connectivity index (χ3v) is 4.55. The van der Waals surface area contributed by atoms with Gasteiger partial charge < -0.3 is 10.2 Å². The molecular formula is C16H23N3O. The Labute approximate surface area is 120 Å². The van der Waals surface area contributed by atoms with Crippen LogP contribution >= 0.6 is 0 Å². The number of nitrogens with zero attached hydrogens (tertiary/aromatic N) is 2. The summed E-state index contributed by atoms with van der Waals surface area (Å²) in [6, 6.07) is 6.58. The third kappa shape index (κ3) is 2.40. The maximum Gasteiger partial charge on any atom is 0.256 e. The zero-order chi connectivity index (χ0) is 14.1. The van der Waals surface area contributed by atoms with Gasteiger partial charge in [0.15, 0.2) is 0 Å². The van der Waals surface area contributed by atoms with Crippen molar-refractivity contribution in [3.05, 3.63) is 29.3 Å². The zero-order valence-corrected chi connectivity index (χ0v) is 12.4. The molecule has 2 saturated heterocycles. The van der Waals surface area contributed by atoms with Crippen LogP contribution in [-0.2, 0) is 0 Å². The number of amides is 1. The van der Waals surface area contributed by atoms with E-state index in [-0.39, 0.29) is 5.91 Å². The lowest BCUT2D eigenvalue weighted by molar-refractivity contribution is 0.0572. The van der Waals surface area contributed by atoms with E-state index in [1.54, 1.807) is 0 Å². The Kier molecular flexibility index (Phi) is 3.66.